The zero-order chi connectivity index (χ0) is 15.6. The molecule has 0 saturated heterocycles. The second-order valence-electron chi connectivity index (χ2n) is 4.58. The molecule has 0 spiro atoms. The minimum Gasteiger partial charge on any atom is -0.461 e. The van der Waals surface area contributed by atoms with Crippen LogP contribution in [0, 0.1) is 0 Å². The summed E-state index contributed by atoms with van der Waals surface area (Å²) in [6.07, 6.45) is 3.13. The van der Waals surface area contributed by atoms with Gasteiger partial charge < -0.3 is 20.2 Å². The standard InChI is InChI=1S/C14H22N6O2.HI/c1-2-21-9-4-7-16-14(15)17-8-6-12-18-13(20-19-12)11-5-3-10-22-11;/h3,5,10H,2,4,6-9H2,1H3,(H3,15,16,17)(H,18,19,20);1H. The SMILES string of the molecule is CCOCCCN=C(N)NCCc1nc(-c2ccco2)n[nH]1.I. The van der Waals surface area contributed by atoms with Crippen molar-refractivity contribution in [2.24, 2.45) is 10.7 Å². The number of guanidine groups is 1. The van der Waals surface area contributed by atoms with Crippen LogP contribution in [0.4, 0.5) is 0 Å². The van der Waals surface area contributed by atoms with Gasteiger partial charge in [-0.15, -0.1) is 24.0 Å². The van der Waals surface area contributed by atoms with Gasteiger partial charge in [0.1, 0.15) is 5.82 Å². The van der Waals surface area contributed by atoms with Crippen LogP contribution >= 0.6 is 24.0 Å². The molecule has 128 valence electrons. The predicted octanol–water partition coefficient (Wildman–Crippen LogP) is 1.56. The number of nitrogens with zero attached hydrogens (tertiary/aromatic N) is 3. The van der Waals surface area contributed by atoms with Crippen LogP contribution in [-0.2, 0) is 11.2 Å². The quantitative estimate of drug-likeness (QED) is 0.239. The van der Waals surface area contributed by atoms with Crippen molar-refractivity contribution in [3.05, 3.63) is 24.2 Å². The van der Waals surface area contributed by atoms with Gasteiger partial charge in [0.15, 0.2) is 11.7 Å². The Hall–Kier alpha value is -1.62. The lowest BCUT2D eigenvalue weighted by Gasteiger charge is -2.04. The van der Waals surface area contributed by atoms with Crippen molar-refractivity contribution in [3.8, 4) is 11.6 Å². The highest BCUT2D eigenvalue weighted by Gasteiger charge is 2.07. The number of H-pyrrole nitrogens is 1. The number of furan rings is 1. The van der Waals surface area contributed by atoms with Gasteiger partial charge >= 0.3 is 0 Å². The summed E-state index contributed by atoms with van der Waals surface area (Å²) in [6, 6.07) is 3.62. The van der Waals surface area contributed by atoms with Crippen LogP contribution in [0.15, 0.2) is 27.8 Å². The van der Waals surface area contributed by atoms with Crippen LogP contribution in [0.1, 0.15) is 19.2 Å². The van der Waals surface area contributed by atoms with Crippen LogP contribution < -0.4 is 11.1 Å². The Balaban J connectivity index is 0.00000264. The Morgan fingerprint density at radius 1 is 1.52 bits per heavy atom. The van der Waals surface area contributed by atoms with E-state index in [4.69, 9.17) is 14.9 Å². The summed E-state index contributed by atoms with van der Waals surface area (Å²) < 4.78 is 10.5. The molecule has 0 saturated carbocycles. The number of aromatic amines is 1. The second-order valence-corrected chi connectivity index (χ2v) is 4.58. The van der Waals surface area contributed by atoms with E-state index < -0.39 is 0 Å². The normalized spacial score (nSPS) is 11.3. The Labute approximate surface area is 152 Å². The molecule has 9 heteroatoms. The average molecular weight is 434 g/mol. The highest BCUT2D eigenvalue weighted by atomic mass is 127. The van der Waals surface area contributed by atoms with Crippen molar-refractivity contribution in [2.45, 2.75) is 19.8 Å². The number of rotatable bonds is 9. The van der Waals surface area contributed by atoms with Gasteiger partial charge in [0.2, 0.25) is 5.82 Å². The first-order valence-corrected chi connectivity index (χ1v) is 7.36. The zero-order valence-corrected chi connectivity index (χ0v) is 15.4. The van der Waals surface area contributed by atoms with E-state index in [1.165, 1.54) is 0 Å². The second kappa shape index (κ2) is 11.0. The van der Waals surface area contributed by atoms with E-state index in [0.29, 0.717) is 43.7 Å². The first-order valence-electron chi connectivity index (χ1n) is 7.36. The fourth-order valence-corrected chi connectivity index (χ4v) is 1.80. The largest absolute Gasteiger partial charge is 0.461 e. The van der Waals surface area contributed by atoms with Crippen molar-refractivity contribution in [1.29, 1.82) is 0 Å². The molecule has 2 aromatic rings. The molecule has 2 aromatic heterocycles. The van der Waals surface area contributed by atoms with Crippen molar-refractivity contribution >= 4 is 29.9 Å². The summed E-state index contributed by atoms with van der Waals surface area (Å²) >= 11 is 0. The molecular formula is C14H23IN6O2. The molecule has 0 aliphatic heterocycles. The lowest BCUT2D eigenvalue weighted by molar-refractivity contribution is 0.146. The minimum atomic E-state index is 0. The predicted molar refractivity (Wildman–Crippen MR) is 98.8 cm³/mol. The molecule has 4 N–H and O–H groups in total. The molecule has 0 radical (unpaired) electrons. The smallest absolute Gasteiger partial charge is 0.216 e. The summed E-state index contributed by atoms with van der Waals surface area (Å²) in [5.41, 5.74) is 5.77. The summed E-state index contributed by atoms with van der Waals surface area (Å²) in [7, 11) is 0. The Bertz CT molecular complexity index is 570. The van der Waals surface area contributed by atoms with Gasteiger partial charge in [0.25, 0.3) is 0 Å². The first kappa shape index (κ1) is 19.4. The van der Waals surface area contributed by atoms with Crippen LogP contribution in [0.3, 0.4) is 0 Å². The molecule has 0 atom stereocenters. The fraction of sp³-hybridized carbons (Fsp3) is 0.500. The van der Waals surface area contributed by atoms with Crippen molar-refractivity contribution in [3.63, 3.8) is 0 Å². The van der Waals surface area contributed by atoms with Crippen LogP contribution in [0.2, 0.25) is 0 Å². The zero-order valence-electron chi connectivity index (χ0n) is 13.1. The average Bonchev–Trinajstić information content (AvgIpc) is 3.18. The van der Waals surface area contributed by atoms with Crippen LogP contribution in [-0.4, -0.2) is 47.4 Å². The number of nitrogens with one attached hydrogen (secondary N) is 2. The van der Waals surface area contributed by atoms with Crippen molar-refractivity contribution < 1.29 is 9.15 Å². The van der Waals surface area contributed by atoms with E-state index in [-0.39, 0.29) is 24.0 Å². The molecule has 0 fully saturated rings. The number of aliphatic imine (C=N–C) groups is 1. The van der Waals surface area contributed by atoms with E-state index >= 15 is 0 Å². The number of aromatic nitrogens is 3. The third kappa shape index (κ3) is 6.99. The maximum Gasteiger partial charge on any atom is 0.216 e. The van der Waals surface area contributed by atoms with E-state index in [0.717, 1.165) is 18.9 Å². The minimum absolute atomic E-state index is 0. The van der Waals surface area contributed by atoms with Gasteiger partial charge in [-0.05, 0) is 25.5 Å². The molecule has 0 aliphatic rings. The molecular weight excluding hydrogens is 411 g/mol. The van der Waals surface area contributed by atoms with Crippen molar-refractivity contribution in [2.75, 3.05) is 26.3 Å². The van der Waals surface area contributed by atoms with E-state index in [1.54, 1.807) is 12.3 Å². The highest BCUT2D eigenvalue weighted by Crippen LogP contribution is 2.14. The summed E-state index contributed by atoms with van der Waals surface area (Å²) in [5.74, 6) is 2.40. The number of nitrogens with two attached hydrogens (primary N) is 1. The van der Waals surface area contributed by atoms with Crippen molar-refractivity contribution in [1.82, 2.24) is 20.5 Å². The number of hydrogen-bond donors (Lipinski definition) is 3. The summed E-state index contributed by atoms with van der Waals surface area (Å²) in [5, 5.41) is 10.0. The summed E-state index contributed by atoms with van der Waals surface area (Å²) in [6.45, 7) is 4.70. The molecule has 0 aliphatic carbocycles. The Kier molecular flexibility index (Phi) is 9.29. The molecule has 2 heterocycles. The maximum atomic E-state index is 5.77. The van der Waals surface area contributed by atoms with Gasteiger partial charge in [0, 0.05) is 32.7 Å². The maximum absolute atomic E-state index is 5.77. The van der Waals surface area contributed by atoms with E-state index in [1.807, 2.05) is 13.0 Å². The molecule has 0 amide bonds. The Morgan fingerprint density at radius 2 is 2.39 bits per heavy atom. The molecule has 0 aromatic carbocycles. The van der Waals surface area contributed by atoms with Gasteiger partial charge in [0.05, 0.1) is 6.26 Å². The fourth-order valence-electron chi connectivity index (χ4n) is 1.80. The number of halogens is 1. The van der Waals surface area contributed by atoms with E-state index in [9.17, 15) is 0 Å². The molecule has 0 bridgehead atoms. The first-order chi connectivity index (χ1) is 10.8. The summed E-state index contributed by atoms with van der Waals surface area (Å²) in [4.78, 5) is 8.56. The topological polar surface area (TPSA) is 114 Å². The molecule has 8 nitrogen and oxygen atoms in total. The van der Waals surface area contributed by atoms with Gasteiger partial charge in [-0.1, -0.05) is 0 Å². The molecule has 0 unspecified atom stereocenters. The number of hydrogen-bond acceptors (Lipinski definition) is 5. The Morgan fingerprint density at radius 3 is 3.13 bits per heavy atom. The van der Waals surface area contributed by atoms with Gasteiger partial charge in [-0.25, -0.2) is 4.98 Å². The van der Waals surface area contributed by atoms with Crippen LogP contribution in [0.25, 0.3) is 11.6 Å². The van der Waals surface area contributed by atoms with Gasteiger partial charge in [-0.3, -0.25) is 10.1 Å². The lowest BCUT2D eigenvalue weighted by Crippen LogP contribution is -2.33. The molecule has 23 heavy (non-hydrogen) atoms. The lowest BCUT2D eigenvalue weighted by atomic mass is 10.4. The third-order valence-electron chi connectivity index (χ3n) is 2.87. The van der Waals surface area contributed by atoms with Crippen LogP contribution in [0.5, 0.6) is 0 Å². The van der Waals surface area contributed by atoms with E-state index in [2.05, 4.69) is 25.5 Å². The third-order valence-corrected chi connectivity index (χ3v) is 2.87. The molecule has 2 rings (SSSR count). The van der Waals surface area contributed by atoms with Gasteiger partial charge in [-0.2, -0.15) is 5.10 Å². The number of ether oxygens (including phenoxy) is 1. The monoisotopic (exact) mass is 434 g/mol. The highest BCUT2D eigenvalue weighted by molar-refractivity contribution is 14.0.